The van der Waals surface area contributed by atoms with Crippen molar-refractivity contribution in [1.82, 2.24) is 5.43 Å². The topological polar surface area (TPSA) is 38.0 Å². The molecule has 0 spiro atoms. The minimum absolute atomic E-state index is 0.0572. The zero-order chi connectivity index (χ0) is 13.3. The summed E-state index contributed by atoms with van der Waals surface area (Å²) in [5, 5.41) is 2.10. The number of halogens is 1. The highest BCUT2D eigenvalue weighted by molar-refractivity contribution is 9.10. The Hall–Kier alpha value is -0.680. The van der Waals surface area contributed by atoms with Gasteiger partial charge in [-0.05, 0) is 54.5 Å². The van der Waals surface area contributed by atoms with E-state index in [0.717, 1.165) is 0 Å². The Bertz CT molecular complexity index is 540. The second-order valence-corrected chi connectivity index (χ2v) is 6.41. The smallest absolute Gasteiger partial charge is 0.0720 e. The van der Waals surface area contributed by atoms with Gasteiger partial charge in [-0.2, -0.15) is 0 Å². The molecule has 0 fully saturated rings. The molecule has 0 aliphatic carbocycles. The first kappa shape index (κ1) is 13.7. The molecule has 2 nitrogen and oxygen atoms in total. The minimum atomic E-state index is 0.0572. The van der Waals surface area contributed by atoms with Gasteiger partial charge in [-0.15, -0.1) is 11.3 Å². The molecule has 4 heteroatoms. The van der Waals surface area contributed by atoms with Gasteiger partial charge in [-0.25, -0.2) is 5.43 Å². The Kier molecular flexibility index (Phi) is 4.22. The van der Waals surface area contributed by atoms with Crippen molar-refractivity contribution in [3.05, 3.63) is 55.2 Å². The molecule has 0 saturated carbocycles. The molecule has 0 amide bonds. The number of aryl methyl sites for hydroxylation is 3. The highest BCUT2D eigenvalue weighted by Crippen LogP contribution is 2.31. The lowest BCUT2D eigenvalue weighted by atomic mass is 9.96. The van der Waals surface area contributed by atoms with E-state index in [4.69, 9.17) is 5.84 Å². The second-order valence-electron chi connectivity index (χ2n) is 4.50. The maximum absolute atomic E-state index is 5.75. The molecule has 1 aromatic heterocycles. The van der Waals surface area contributed by atoms with E-state index in [1.165, 1.54) is 31.6 Å². The molecule has 1 aromatic carbocycles. The molecule has 0 bridgehead atoms. The fourth-order valence-corrected chi connectivity index (χ4v) is 3.18. The van der Waals surface area contributed by atoms with Crippen LogP contribution in [0, 0.1) is 20.8 Å². The van der Waals surface area contributed by atoms with Gasteiger partial charge in [0.1, 0.15) is 0 Å². The zero-order valence-corrected chi connectivity index (χ0v) is 13.2. The number of benzene rings is 1. The number of hydrogen-bond donors (Lipinski definition) is 2. The van der Waals surface area contributed by atoms with E-state index >= 15 is 0 Å². The molecule has 2 rings (SSSR count). The van der Waals surface area contributed by atoms with Crippen LogP contribution in [0.4, 0.5) is 0 Å². The van der Waals surface area contributed by atoms with Crippen molar-refractivity contribution in [3.63, 3.8) is 0 Å². The van der Waals surface area contributed by atoms with Crippen LogP contribution < -0.4 is 11.3 Å². The van der Waals surface area contributed by atoms with Crippen LogP contribution in [0.5, 0.6) is 0 Å². The standard InChI is InChI=1S/C14H17BrN2S/c1-8-6-11(7-9(2)13(8)15)14(17-16)12-4-5-18-10(12)3/h4-7,14,17H,16H2,1-3H3. The molecule has 96 valence electrons. The second kappa shape index (κ2) is 5.53. The predicted molar refractivity (Wildman–Crippen MR) is 81.8 cm³/mol. The van der Waals surface area contributed by atoms with Crippen LogP contribution in [-0.2, 0) is 0 Å². The van der Waals surface area contributed by atoms with E-state index in [9.17, 15) is 0 Å². The van der Waals surface area contributed by atoms with Gasteiger partial charge in [0.2, 0.25) is 0 Å². The molecule has 1 unspecified atom stereocenters. The first-order chi connectivity index (χ1) is 8.54. The average Bonchev–Trinajstić information content (AvgIpc) is 2.74. The molecule has 2 aromatic rings. The third-order valence-electron chi connectivity index (χ3n) is 3.17. The summed E-state index contributed by atoms with van der Waals surface area (Å²) in [5.74, 6) is 5.75. The third-order valence-corrected chi connectivity index (χ3v) is 5.28. The summed E-state index contributed by atoms with van der Waals surface area (Å²) in [5.41, 5.74) is 7.85. The Balaban J connectivity index is 2.49. The molecule has 18 heavy (non-hydrogen) atoms. The van der Waals surface area contributed by atoms with Crippen molar-refractivity contribution in [2.45, 2.75) is 26.8 Å². The number of hydrazine groups is 1. The van der Waals surface area contributed by atoms with Crippen molar-refractivity contribution in [3.8, 4) is 0 Å². The highest BCUT2D eigenvalue weighted by Gasteiger charge is 2.17. The van der Waals surface area contributed by atoms with Gasteiger partial charge in [0.25, 0.3) is 0 Å². The van der Waals surface area contributed by atoms with Gasteiger partial charge in [0.15, 0.2) is 0 Å². The largest absolute Gasteiger partial charge is 0.271 e. The van der Waals surface area contributed by atoms with Crippen molar-refractivity contribution in [1.29, 1.82) is 0 Å². The molecular weight excluding hydrogens is 308 g/mol. The van der Waals surface area contributed by atoms with Crippen LogP contribution in [0.2, 0.25) is 0 Å². The van der Waals surface area contributed by atoms with E-state index in [-0.39, 0.29) is 6.04 Å². The molecule has 1 atom stereocenters. The lowest BCUT2D eigenvalue weighted by molar-refractivity contribution is 0.635. The maximum Gasteiger partial charge on any atom is 0.0720 e. The van der Waals surface area contributed by atoms with Crippen LogP contribution in [0.25, 0.3) is 0 Å². The molecular formula is C14H17BrN2S. The number of rotatable bonds is 3. The lowest BCUT2D eigenvalue weighted by Crippen LogP contribution is -2.29. The molecule has 1 heterocycles. The van der Waals surface area contributed by atoms with Crippen LogP contribution in [0.3, 0.4) is 0 Å². The van der Waals surface area contributed by atoms with Crippen molar-refractivity contribution < 1.29 is 0 Å². The van der Waals surface area contributed by atoms with Crippen LogP contribution in [0.1, 0.15) is 33.2 Å². The minimum Gasteiger partial charge on any atom is -0.271 e. The van der Waals surface area contributed by atoms with Crippen LogP contribution in [0.15, 0.2) is 28.1 Å². The average molecular weight is 325 g/mol. The fraction of sp³-hybridized carbons (Fsp3) is 0.286. The van der Waals surface area contributed by atoms with E-state index < -0.39 is 0 Å². The van der Waals surface area contributed by atoms with E-state index in [1.54, 1.807) is 11.3 Å². The summed E-state index contributed by atoms with van der Waals surface area (Å²) < 4.78 is 1.17. The van der Waals surface area contributed by atoms with Crippen LogP contribution in [-0.4, -0.2) is 0 Å². The molecule has 0 saturated heterocycles. The summed E-state index contributed by atoms with van der Waals surface area (Å²) in [4.78, 5) is 1.30. The monoisotopic (exact) mass is 324 g/mol. The predicted octanol–water partition coefficient (Wildman–Crippen LogP) is 3.99. The molecule has 0 aliphatic heterocycles. The SMILES string of the molecule is Cc1cc(C(NN)c2ccsc2C)cc(C)c1Br. The number of nitrogens with one attached hydrogen (secondary N) is 1. The normalized spacial score (nSPS) is 12.7. The van der Waals surface area contributed by atoms with Gasteiger partial charge in [0, 0.05) is 9.35 Å². The molecule has 0 radical (unpaired) electrons. The lowest BCUT2D eigenvalue weighted by Gasteiger charge is -2.18. The van der Waals surface area contributed by atoms with Gasteiger partial charge >= 0.3 is 0 Å². The Morgan fingerprint density at radius 1 is 1.22 bits per heavy atom. The van der Waals surface area contributed by atoms with E-state index in [2.05, 4.69) is 65.7 Å². The summed E-state index contributed by atoms with van der Waals surface area (Å²) in [6.07, 6.45) is 0. The molecule has 0 aliphatic rings. The Morgan fingerprint density at radius 3 is 2.28 bits per heavy atom. The quantitative estimate of drug-likeness (QED) is 0.661. The van der Waals surface area contributed by atoms with Crippen molar-refractivity contribution in [2.75, 3.05) is 0 Å². The summed E-state index contributed by atoms with van der Waals surface area (Å²) in [7, 11) is 0. The first-order valence-corrected chi connectivity index (χ1v) is 7.48. The zero-order valence-electron chi connectivity index (χ0n) is 10.8. The van der Waals surface area contributed by atoms with E-state index in [1.807, 2.05) is 0 Å². The van der Waals surface area contributed by atoms with E-state index in [0.29, 0.717) is 0 Å². The number of nitrogens with two attached hydrogens (primary N) is 1. The first-order valence-electron chi connectivity index (χ1n) is 5.81. The Morgan fingerprint density at radius 2 is 1.83 bits per heavy atom. The van der Waals surface area contributed by atoms with Crippen molar-refractivity contribution >= 4 is 27.3 Å². The summed E-state index contributed by atoms with van der Waals surface area (Å²) in [6.45, 7) is 6.34. The van der Waals surface area contributed by atoms with Crippen molar-refractivity contribution in [2.24, 2.45) is 5.84 Å². The Labute approximate surface area is 120 Å². The summed E-state index contributed by atoms with van der Waals surface area (Å²) >= 11 is 5.35. The fourth-order valence-electron chi connectivity index (χ4n) is 2.21. The van der Waals surface area contributed by atoms with Gasteiger partial charge < -0.3 is 0 Å². The summed E-state index contributed by atoms with van der Waals surface area (Å²) in [6, 6.07) is 6.55. The maximum atomic E-state index is 5.75. The third kappa shape index (κ3) is 2.52. The highest BCUT2D eigenvalue weighted by atomic mass is 79.9. The molecule has 3 N–H and O–H groups in total. The van der Waals surface area contributed by atoms with Crippen LogP contribution >= 0.6 is 27.3 Å². The van der Waals surface area contributed by atoms with Gasteiger partial charge in [-0.3, -0.25) is 5.84 Å². The number of hydrogen-bond acceptors (Lipinski definition) is 3. The van der Waals surface area contributed by atoms with Gasteiger partial charge in [-0.1, -0.05) is 28.1 Å². The van der Waals surface area contributed by atoms with Gasteiger partial charge in [0.05, 0.1) is 6.04 Å². The number of thiophene rings is 1.